The lowest BCUT2D eigenvalue weighted by atomic mass is 10.1. The van der Waals surface area contributed by atoms with E-state index in [2.05, 4.69) is 16.6 Å². The summed E-state index contributed by atoms with van der Waals surface area (Å²) in [4.78, 5) is 11.3. The fourth-order valence-electron chi connectivity index (χ4n) is 1.81. The number of aliphatic hydroxyl groups excluding tert-OH is 1. The predicted octanol–water partition coefficient (Wildman–Crippen LogP) is -0.514. The highest BCUT2D eigenvalue weighted by atomic mass is 16.3. The molecule has 4 heteroatoms. The molecule has 0 saturated heterocycles. The maximum Gasteiger partial charge on any atom is 0.233 e. The zero-order valence-electron chi connectivity index (χ0n) is 8.83. The van der Waals surface area contributed by atoms with Crippen molar-refractivity contribution in [2.75, 3.05) is 19.6 Å². The molecule has 0 aromatic rings. The molecule has 0 bridgehead atoms. The van der Waals surface area contributed by atoms with E-state index in [9.17, 15) is 9.90 Å². The molecule has 84 valence electrons. The highest BCUT2D eigenvalue weighted by Crippen LogP contribution is 2.24. The average molecular weight is 210 g/mol. The van der Waals surface area contributed by atoms with Gasteiger partial charge in [-0.3, -0.25) is 10.1 Å². The molecular formula is C11H18N2O2. The van der Waals surface area contributed by atoms with Gasteiger partial charge in [0.2, 0.25) is 5.91 Å². The molecule has 1 saturated carbocycles. The Morgan fingerprint density at radius 2 is 2.33 bits per heavy atom. The minimum atomic E-state index is -0.246. The van der Waals surface area contributed by atoms with E-state index in [4.69, 9.17) is 6.42 Å². The zero-order valence-corrected chi connectivity index (χ0v) is 8.83. The molecular weight excluding hydrogens is 192 g/mol. The summed E-state index contributed by atoms with van der Waals surface area (Å²) in [5, 5.41) is 15.1. The molecule has 2 unspecified atom stereocenters. The van der Waals surface area contributed by atoms with Crippen molar-refractivity contribution in [1.82, 2.24) is 10.6 Å². The van der Waals surface area contributed by atoms with Crippen LogP contribution in [0.5, 0.6) is 0 Å². The van der Waals surface area contributed by atoms with Crippen LogP contribution in [0.2, 0.25) is 0 Å². The molecule has 0 spiro atoms. The summed E-state index contributed by atoms with van der Waals surface area (Å²) >= 11 is 0. The fourth-order valence-corrected chi connectivity index (χ4v) is 1.81. The fraction of sp³-hybridized carbons (Fsp3) is 0.727. The Morgan fingerprint density at radius 3 is 2.93 bits per heavy atom. The van der Waals surface area contributed by atoms with E-state index in [0.29, 0.717) is 13.1 Å². The van der Waals surface area contributed by atoms with E-state index >= 15 is 0 Å². The van der Waals surface area contributed by atoms with Crippen LogP contribution in [0.15, 0.2) is 0 Å². The maximum absolute atomic E-state index is 11.3. The van der Waals surface area contributed by atoms with Gasteiger partial charge in [0.1, 0.15) is 0 Å². The number of terminal acetylenes is 1. The molecule has 15 heavy (non-hydrogen) atoms. The first-order valence-corrected chi connectivity index (χ1v) is 5.33. The first-order valence-electron chi connectivity index (χ1n) is 5.33. The lowest BCUT2D eigenvalue weighted by Gasteiger charge is -2.14. The lowest BCUT2D eigenvalue weighted by molar-refractivity contribution is -0.120. The van der Waals surface area contributed by atoms with E-state index in [0.717, 1.165) is 19.3 Å². The predicted molar refractivity (Wildman–Crippen MR) is 58.1 cm³/mol. The van der Waals surface area contributed by atoms with Gasteiger partial charge in [-0.25, -0.2) is 0 Å². The number of hydrogen-bond acceptors (Lipinski definition) is 3. The first-order chi connectivity index (χ1) is 7.24. The van der Waals surface area contributed by atoms with Gasteiger partial charge in [-0.2, -0.15) is 0 Å². The molecule has 0 aromatic carbocycles. The van der Waals surface area contributed by atoms with Crippen LogP contribution in [-0.2, 0) is 4.79 Å². The van der Waals surface area contributed by atoms with E-state index < -0.39 is 0 Å². The summed E-state index contributed by atoms with van der Waals surface area (Å²) in [6.45, 7) is 1.21. The molecule has 1 rings (SSSR count). The van der Waals surface area contributed by atoms with Crippen molar-refractivity contribution in [3.05, 3.63) is 0 Å². The van der Waals surface area contributed by atoms with Gasteiger partial charge < -0.3 is 10.4 Å². The number of carbonyl (C=O) groups is 1. The molecule has 1 fully saturated rings. The van der Waals surface area contributed by atoms with E-state index in [1.807, 2.05) is 0 Å². The van der Waals surface area contributed by atoms with Gasteiger partial charge in [-0.1, -0.05) is 12.3 Å². The molecule has 1 aliphatic carbocycles. The van der Waals surface area contributed by atoms with Crippen molar-refractivity contribution in [2.24, 2.45) is 5.92 Å². The molecule has 0 radical (unpaired) electrons. The third kappa shape index (κ3) is 4.32. The number of aliphatic hydroxyl groups is 1. The van der Waals surface area contributed by atoms with E-state index in [1.54, 1.807) is 0 Å². The van der Waals surface area contributed by atoms with Crippen molar-refractivity contribution >= 4 is 5.91 Å². The normalized spacial score (nSPS) is 24.8. The highest BCUT2D eigenvalue weighted by molar-refractivity contribution is 5.78. The second-order valence-electron chi connectivity index (χ2n) is 3.87. The maximum atomic E-state index is 11.3. The second kappa shape index (κ2) is 6.44. The van der Waals surface area contributed by atoms with Crippen molar-refractivity contribution < 1.29 is 9.90 Å². The molecule has 2 atom stereocenters. The average Bonchev–Trinajstić information content (AvgIpc) is 2.61. The molecule has 3 N–H and O–H groups in total. The smallest absolute Gasteiger partial charge is 0.233 e. The Hall–Kier alpha value is -1.05. The Labute approximate surface area is 90.4 Å². The Bertz CT molecular complexity index is 247. The standard InChI is InChI=1S/C11H18N2O2/c1-2-6-12-8-11(15)13-7-9-4-3-5-10(9)14/h1,9-10,12,14H,3-8H2,(H,13,15). The minimum Gasteiger partial charge on any atom is -0.393 e. The summed E-state index contributed by atoms with van der Waals surface area (Å²) < 4.78 is 0. The van der Waals surface area contributed by atoms with Gasteiger partial charge in [0, 0.05) is 12.5 Å². The van der Waals surface area contributed by atoms with Gasteiger partial charge >= 0.3 is 0 Å². The van der Waals surface area contributed by atoms with Crippen molar-refractivity contribution in [2.45, 2.75) is 25.4 Å². The summed E-state index contributed by atoms with van der Waals surface area (Å²) in [7, 11) is 0. The van der Waals surface area contributed by atoms with Crippen LogP contribution in [0.3, 0.4) is 0 Å². The number of hydrogen-bond donors (Lipinski definition) is 3. The molecule has 0 aliphatic heterocycles. The van der Waals surface area contributed by atoms with E-state index in [-0.39, 0.29) is 24.5 Å². The Morgan fingerprint density at radius 1 is 1.53 bits per heavy atom. The summed E-state index contributed by atoms with van der Waals surface area (Å²) in [5.74, 6) is 2.55. The number of carbonyl (C=O) groups excluding carboxylic acids is 1. The van der Waals surface area contributed by atoms with Crippen LogP contribution in [0.4, 0.5) is 0 Å². The summed E-state index contributed by atoms with van der Waals surface area (Å²) in [5.41, 5.74) is 0. The third-order valence-electron chi connectivity index (χ3n) is 2.69. The van der Waals surface area contributed by atoms with E-state index in [1.165, 1.54) is 0 Å². The van der Waals surface area contributed by atoms with Crippen LogP contribution in [0.25, 0.3) is 0 Å². The molecule has 0 aromatic heterocycles. The largest absolute Gasteiger partial charge is 0.393 e. The summed E-state index contributed by atoms with van der Waals surface area (Å²) in [6.07, 6.45) is 7.69. The zero-order chi connectivity index (χ0) is 11.1. The number of rotatable bonds is 5. The monoisotopic (exact) mass is 210 g/mol. The van der Waals surface area contributed by atoms with Crippen LogP contribution >= 0.6 is 0 Å². The lowest BCUT2D eigenvalue weighted by Crippen LogP contribution is -2.38. The van der Waals surface area contributed by atoms with Crippen LogP contribution in [0.1, 0.15) is 19.3 Å². The van der Waals surface area contributed by atoms with Gasteiger partial charge in [0.25, 0.3) is 0 Å². The van der Waals surface area contributed by atoms with Crippen molar-refractivity contribution in [3.8, 4) is 12.3 Å². The van der Waals surface area contributed by atoms with Gasteiger partial charge in [-0.15, -0.1) is 6.42 Å². The number of amides is 1. The molecule has 1 amide bonds. The third-order valence-corrected chi connectivity index (χ3v) is 2.69. The summed E-state index contributed by atoms with van der Waals surface area (Å²) in [6, 6.07) is 0. The quantitative estimate of drug-likeness (QED) is 0.423. The molecule has 4 nitrogen and oxygen atoms in total. The van der Waals surface area contributed by atoms with Gasteiger partial charge in [0.15, 0.2) is 0 Å². The van der Waals surface area contributed by atoms with Crippen LogP contribution in [-0.4, -0.2) is 36.8 Å². The Kier molecular flexibility index (Phi) is 5.16. The SMILES string of the molecule is C#CCNCC(=O)NCC1CCCC1O. The Balaban J connectivity index is 2.08. The molecule has 1 aliphatic rings. The van der Waals surface area contributed by atoms with Gasteiger partial charge in [0.05, 0.1) is 19.2 Å². The first kappa shape index (κ1) is 12.0. The molecule has 0 heterocycles. The second-order valence-corrected chi connectivity index (χ2v) is 3.87. The highest BCUT2D eigenvalue weighted by Gasteiger charge is 2.25. The van der Waals surface area contributed by atoms with Crippen LogP contribution in [0, 0.1) is 18.3 Å². The van der Waals surface area contributed by atoms with Gasteiger partial charge in [-0.05, 0) is 12.8 Å². The topological polar surface area (TPSA) is 61.4 Å². The van der Waals surface area contributed by atoms with Crippen molar-refractivity contribution in [1.29, 1.82) is 0 Å². The van der Waals surface area contributed by atoms with Crippen molar-refractivity contribution in [3.63, 3.8) is 0 Å². The minimum absolute atomic E-state index is 0.0654. The van der Waals surface area contributed by atoms with Crippen LogP contribution < -0.4 is 10.6 Å². The number of nitrogens with one attached hydrogen (secondary N) is 2.